The van der Waals surface area contributed by atoms with E-state index in [1.54, 1.807) is 12.1 Å². The van der Waals surface area contributed by atoms with Crippen LogP contribution in [0.4, 0.5) is 13.2 Å². The Labute approximate surface area is 131 Å². The lowest BCUT2D eigenvalue weighted by molar-refractivity contribution is -0.0868. The Balaban J connectivity index is 0.00000161. The van der Waals surface area contributed by atoms with E-state index in [2.05, 4.69) is 0 Å². The zero-order valence-electron chi connectivity index (χ0n) is 12.0. The van der Waals surface area contributed by atoms with Gasteiger partial charge in [0.25, 0.3) is 0 Å². The van der Waals surface area contributed by atoms with E-state index in [-0.39, 0.29) is 24.2 Å². The van der Waals surface area contributed by atoms with Crippen molar-refractivity contribution in [2.75, 3.05) is 0 Å². The van der Waals surface area contributed by atoms with Gasteiger partial charge < -0.3 is 12.4 Å². The molecule has 2 aromatic rings. The van der Waals surface area contributed by atoms with Crippen molar-refractivity contribution < 1.29 is 25.6 Å². The third-order valence-corrected chi connectivity index (χ3v) is 6.38. The van der Waals surface area contributed by atoms with Crippen molar-refractivity contribution in [3.8, 4) is 0 Å². The Hall–Kier alpha value is -0.740. The van der Waals surface area contributed by atoms with E-state index in [4.69, 9.17) is 0 Å². The molecule has 21 heavy (non-hydrogen) atoms. The van der Waals surface area contributed by atoms with Gasteiger partial charge in [0.2, 0.25) is 0 Å². The smallest absolute Gasteiger partial charge is 0.600 e. The molecule has 0 aliphatic heterocycles. The fourth-order valence-electron chi connectivity index (χ4n) is 2.78. The number of hydrogen-bond acceptors (Lipinski definition) is 0. The molecule has 0 amide bonds. The third kappa shape index (κ3) is 2.93. The second-order valence-electron chi connectivity index (χ2n) is 5.88. The Kier molecular flexibility index (Phi) is 4.60. The molecule has 0 N–H and O–H groups in total. The summed E-state index contributed by atoms with van der Waals surface area (Å²) in [4.78, 5) is 0.625. The first-order valence-electron chi connectivity index (χ1n) is 7.04. The second-order valence-corrected chi connectivity index (χ2v) is 7.86. The van der Waals surface area contributed by atoms with Crippen LogP contribution in [0, 0.1) is 0 Å². The Morgan fingerprint density at radius 1 is 1.14 bits per heavy atom. The molecule has 5 heteroatoms. The van der Waals surface area contributed by atoms with Crippen molar-refractivity contribution in [2.45, 2.75) is 50.5 Å². The van der Waals surface area contributed by atoms with Crippen molar-refractivity contribution >= 4 is 20.6 Å². The van der Waals surface area contributed by atoms with Crippen molar-refractivity contribution in [2.24, 2.45) is 0 Å². The molecular weight excluding hydrogens is 317 g/mol. The molecule has 0 spiro atoms. The molecule has 1 unspecified atom stereocenters. The molecule has 1 atom stereocenters. The van der Waals surface area contributed by atoms with Gasteiger partial charge in [0.15, 0.2) is 9.58 Å². The molecule has 1 fully saturated rings. The first-order chi connectivity index (χ1) is 9.38. The van der Waals surface area contributed by atoms with Crippen LogP contribution in [0.3, 0.4) is 0 Å². The molecule has 0 bridgehead atoms. The summed E-state index contributed by atoms with van der Waals surface area (Å²) in [5, 5.41) is 0.775. The Bertz CT molecular complexity index is 639. The monoisotopic (exact) mass is 334 g/mol. The van der Waals surface area contributed by atoms with Gasteiger partial charge in [0.1, 0.15) is 0 Å². The van der Waals surface area contributed by atoms with Crippen LogP contribution >= 0.6 is 10.5 Å². The summed E-state index contributed by atoms with van der Waals surface area (Å²) < 4.78 is 41.0. The highest BCUT2D eigenvalue weighted by molar-refractivity contribution is 7.38. The highest BCUT2D eigenvalue weighted by Gasteiger charge is 2.50. The van der Waals surface area contributed by atoms with Crippen LogP contribution in [0.2, 0.25) is 0 Å². The van der Waals surface area contributed by atoms with Gasteiger partial charge in [0, 0.05) is 23.4 Å². The molecule has 1 aromatic heterocycles. The highest BCUT2D eigenvalue weighted by atomic mass is 35.5. The molecular formula is C16H18ClF3S. The van der Waals surface area contributed by atoms with Crippen LogP contribution in [0.1, 0.15) is 55.4 Å². The van der Waals surface area contributed by atoms with Gasteiger partial charge in [-0.3, -0.25) is 0 Å². The summed E-state index contributed by atoms with van der Waals surface area (Å²) in [6.07, 6.45) is 2.89. The molecule has 3 rings (SSSR count). The largest absolute Gasteiger partial charge is 1.00 e. The number of alkyl halides is 3. The minimum Gasteiger partial charge on any atom is -1.00 e. The lowest BCUT2D eigenvalue weighted by Gasteiger charge is -2.21. The number of halogens is 4. The fraction of sp³-hybridized carbons (Fsp3) is 0.500. The van der Waals surface area contributed by atoms with Gasteiger partial charge in [-0.25, -0.2) is 0 Å². The van der Waals surface area contributed by atoms with Gasteiger partial charge in [-0.15, -0.1) is 13.2 Å². The summed E-state index contributed by atoms with van der Waals surface area (Å²) in [7, 11) is -1.70. The lowest BCUT2D eigenvalue weighted by atomic mass is 9.84. The van der Waals surface area contributed by atoms with Crippen LogP contribution in [0.25, 0.3) is 10.1 Å². The summed E-state index contributed by atoms with van der Waals surface area (Å²) in [5.41, 5.74) is -3.16. The molecule has 0 radical (unpaired) electrons. The minimum atomic E-state index is -4.15. The lowest BCUT2D eigenvalue weighted by Crippen LogP contribution is -3.00. The van der Waals surface area contributed by atoms with Gasteiger partial charge >= 0.3 is 5.51 Å². The first kappa shape index (κ1) is 16.6. The summed E-state index contributed by atoms with van der Waals surface area (Å²) in [6.45, 7) is 4.03. The first-order valence-corrected chi connectivity index (χ1v) is 8.27. The number of rotatable bonds is 2. The van der Waals surface area contributed by atoms with Crippen molar-refractivity contribution in [3.05, 3.63) is 34.7 Å². The SMILES string of the molecule is CC(C)c1ccc2cc(C3CCC3)[s+](C(F)(F)F)c2c1.[Cl-]. The van der Waals surface area contributed by atoms with Crippen LogP contribution in [-0.2, 0) is 5.51 Å². The average molecular weight is 335 g/mol. The second kappa shape index (κ2) is 5.81. The molecule has 1 saturated carbocycles. The van der Waals surface area contributed by atoms with E-state index in [0.29, 0.717) is 9.58 Å². The quantitative estimate of drug-likeness (QED) is 0.738. The maximum Gasteiger partial charge on any atom is 0.600 e. The van der Waals surface area contributed by atoms with E-state index in [9.17, 15) is 13.2 Å². The molecule has 1 aliphatic carbocycles. The Morgan fingerprint density at radius 2 is 1.81 bits per heavy atom. The topological polar surface area (TPSA) is 0 Å². The number of benzene rings is 1. The van der Waals surface area contributed by atoms with Crippen LogP contribution < -0.4 is 12.4 Å². The van der Waals surface area contributed by atoms with E-state index in [1.165, 1.54) is 0 Å². The summed E-state index contributed by atoms with van der Waals surface area (Å²) in [6, 6.07) is 7.41. The van der Waals surface area contributed by atoms with Crippen molar-refractivity contribution in [1.82, 2.24) is 0 Å². The third-order valence-electron chi connectivity index (χ3n) is 4.20. The molecule has 1 aromatic carbocycles. The maximum absolute atomic E-state index is 13.5. The van der Waals surface area contributed by atoms with E-state index in [1.807, 2.05) is 26.0 Å². The summed E-state index contributed by atoms with van der Waals surface area (Å²) in [5.74, 6) is 0.404. The van der Waals surface area contributed by atoms with Gasteiger partial charge in [-0.2, -0.15) is 0 Å². The van der Waals surface area contributed by atoms with Crippen molar-refractivity contribution in [1.29, 1.82) is 0 Å². The van der Waals surface area contributed by atoms with Crippen LogP contribution in [-0.4, -0.2) is 0 Å². The molecule has 0 saturated heterocycles. The zero-order chi connectivity index (χ0) is 14.5. The molecule has 0 nitrogen and oxygen atoms in total. The predicted molar refractivity (Wildman–Crippen MR) is 78.4 cm³/mol. The molecule has 116 valence electrons. The normalized spacial score (nSPS) is 17.0. The molecule has 1 aliphatic rings. The fourth-order valence-corrected chi connectivity index (χ4v) is 4.98. The standard InChI is InChI=1S/C16H18F3S.ClH/c1-10(2)12-6-7-13-9-14(11-4-3-5-11)20(15(13)8-12)16(17,18)19;/h6-11H,3-5H2,1-2H3;1H/q+1;/p-1. The number of hydrogen-bond donors (Lipinski definition) is 0. The van der Waals surface area contributed by atoms with Gasteiger partial charge in [0.05, 0.1) is 10.5 Å². The number of fused-ring (bicyclic) bond motifs is 1. The molecule has 1 heterocycles. The van der Waals surface area contributed by atoms with Crippen LogP contribution in [0.5, 0.6) is 0 Å². The van der Waals surface area contributed by atoms with E-state index < -0.39 is 16.0 Å². The van der Waals surface area contributed by atoms with E-state index in [0.717, 1.165) is 30.2 Å². The van der Waals surface area contributed by atoms with Crippen molar-refractivity contribution in [3.63, 3.8) is 0 Å². The zero-order valence-corrected chi connectivity index (χ0v) is 13.6. The number of thiophene rings is 1. The predicted octanol–water partition coefficient (Wildman–Crippen LogP) is 3.46. The minimum absolute atomic E-state index is 0. The van der Waals surface area contributed by atoms with E-state index >= 15 is 0 Å². The average Bonchev–Trinajstić information content (AvgIpc) is 2.63. The van der Waals surface area contributed by atoms with Crippen LogP contribution in [0.15, 0.2) is 24.3 Å². The van der Waals surface area contributed by atoms with Gasteiger partial charge in [-0.05, 0) is 30.4 Å². The Morgan fingerprint density at radius 3 is 2.29 bits per heavy atom. The maximum atomic E-state index is 13.5. The highest BCUT2D eigenvalue weighted by Crippen LogP contribution is 2.56. The summed E-state index contributed by atoms with van der Waals surface area (Å²) >= 11 is 0. The van der Waals surface area contributed by atoms with Gasteiger partial charge in [-0.1, -0.05) is 26.3 Å².